The van der Waals surface area contributed by atoms with Crippen molar-refractivity contribution in [3.05, 3.63) is 35.9 Å². The van der Waals surface area contributed by atoms with Crippen LogP contribution in [0.25, 0.3) is 0 Å². The molecule has 92 valence electrons. The molecule has 0 spiro atoms. The molecule has 1 aromatic rings. The topological polar surface area (TPSA) is 37.3 Å². The largest absolute Gasteiger partial charge is 0.481 e. The number of carboxylic acids is 1. The van der Waals surface area contributed by atoms with E-state index in [-0.39, 0.29) is 5.41 Å². The summed E-state index contributed by atoms with van der Waals surface area (Å²) in [4.78, 5) is 10.9. The Morgan fingerprint density at radius 3 is 2.76 bits per heavy atom. The van der Waals surface area contributed by atoms with E-state index in [0.717, 1.165) is 19.3 Å². The molecular weight excluding hydrogens is 212 g/mol. The van der Waals surface area contributed by atoms with E-state index in [4.69, 9.17) is 5.11 Å². The summed E-state index contributed by atoms with van der Waals surface area (Å²) in [7, 11) is 0. The highest BCUT2D eigenvalue weighted by atomic mass is 16.4. The molecule has 0 heterocycles. The maximum Gasteiger partial charge on any atom is 0.303 e. The van der Waals surface area contributed by atoms with Gasteiger partial charge in [-0.1, -0.05) is 43.7 Å². The lowest BCUT2D eigenvalue weighted by Gasteiger charge is -2.37. The zero-order valence-electron chi connectivity index (χ0n) is 10.4. The van der Waals surface area contributed by atoms with E-state index in [2.05, 4.69) is 31.2 Å². The van der Waals surface area contributed by atoms with E-state index in [1.807, 2.05) is 6.07 Å². The second-order valence-electron chi connectivity index (χ2n) is 5.59. The Balaban J connectivity index is 2.09. The Morgan fingerprint density at radius 2 is 2.12 bits per heavy atom. The highest BCUT2D eigenvalue weighted by Gasteiger charge is 2.34. The maximum absolute atomic E-state index is 10.9. The molecule has 0 amide bonds. The van der Waals surface area contributed by atoms with Gasteiger partial charge in [-0.2, -0.15) is 0 Å². The van der Waals surface area contributed by atoms with Crippen LogP contribution >= 0.6 is 0 Å². The van der Waals surface area contributed by atoms with Crippen LogP contribution < -0.4 is 0 Å². The van der Waals surface area contributed by atoms with Gasteiger partial charge in [-0.15, -0.1) is 0 Å². The van der Waals surface area contributed by atoms with Crippen LogP contribution in [0, 0.1) is 5.41 Å². The van der Waals surface area contributed by atoms with Gasteiger partial charge in [0.15, 0.2) is 0 Å². The van der Waals surface area contributed by atoms with Crippen LogP contribution in [-0.4, -0.2) is 11.1 Å². The molecule has 0 aromatic heterocycles. The summed E-state index contributed by atoms with van der Waals surface area (Å²) < 4.78 is 0. The van der Waals surface area contributed by atoms with Gasteiger partial charge < -0.3 is 5.11 Å². The van der Waals surface area contributed by atoms with Crippen LogP contribution in [0.5, 0.6) is 0 Å². The van der Waals surface area contributed by atoms with Gasteiger partial charge in [0.25, 0.3) is 0 Å². The fraction of sp³-hybridized carbons (Fsp3) is 0.533. The number of carbonyl (C=O) groups is 1. The van der Waals surface area contributed by atoms with E-state index >= 15 is 0 Å². The molecule has 1 aliphatic rings. The van der Waals surface area contributed by atoms with Gasteiger partial charge in [-0.3, -0.25) is 4.79 Å². The number of hydrogen-bond acceptors (Lipinski definition) is 1. The zero-order chi connectivity index (χ0) is 12.3. The van der Waals surface area contributed by atoms with Crippen molar-refractivity contribution in [1.29, 1.82) is 0 Å². The summed E-state index contributed by atoms with van der Waals surface area (Å²) in [5, 5.41) is 8.99. The molecule has 1 saturated carbocycles. The molecule has 1 aromatic carbocycles. The number of rotatable bonds is 3. The fourth-order valence-electron chi connectivity index (χ4n) is 3.11. The average molecular weight is 232 g/mol. The molecule has 0 radical (unpaired) electrons. The summed E-state index contributed by atoms with van der Waals surface area (Å²) in [6.45, 7) is 2.12. The molecular formula is C15H20O2. The number of benzene rings is 1. The van der Waals surface area contributed by atoms with Crippen LogP contribution in [0.4, 0.5) is 0 Å². The van der Waals surface area contributed by atoms with Crippen molar-refractivity contribution in [2.24, 2.45) is 5.41 Å². The van der Waals surface area contributed by atoms with E-state index in [1.54, 1.807) is 0 Å². The molecule has 17 heavy (non-hydrogen) atoms. The average Bonchev–Trinajstić information content (AvgIpc) is 2.28. The first-order chi connectivity index (χ1) is 8.09. The maximum atomic E-state index is 10.9. The van der Waals surface area contributed by atoms with Crippen molar-refractivity contribution >= 4 is 5.97 Å². The third-order valence-electron chi connectivity index (χ3n) is 3.92. The fourth-order valence-corrected chi connectivity index (χ4v) is 3.11. The number of hydrogen-bond donors (Lipinski definition) is 1. The molecule has 2 unspecified atom stereocenters. The zero-order valence-corrected chi connectivity index (χ0v) is 10.4. The summed E-state index contributed by atoms with van der Waals surface area (Å²) in [5.74, 6) is -0.129. The Morgan fingerprint density at radius 1 is 1.41 bits per heavy atom. The van der Waals surface area contributed by atoms with Gasteiger partial charge >= 0.3 is 5.97 Å². The van der Waals surface area contributed by atoms with Gasteiger partial charge in [0.1, 0.15) is 0 Å². The molecule has 2 atom stereocenters. The Bertz CT molecular complexity index is 385. The lowest BCUT2D eigenvalue weighted by atomic mass is 9.67. The predicted molar refractivity (Wildman–Crippen MR) is 68.0 cm³/mol. The van der Waals surface area contributed by atoms with E-state index < -0.39 is 5.97 Å². The Kier molecular flexibility index (Phi) is 3.51. The first kappa shape index (κ1) is 12.2. The minimum Gasteiger partial charge on any atom is -0.481 e. The Labute approximate surface area is 103 Å². The monoisotopic (exact) mass is 232 g/mol. The smallest absolute Gasteiger partial charge is 0.303 e. The minimum atomic E-state index is -0.666. The molecule has 0 aliphatic heterocycles. The number of carboxylic acid groups (broad SMARTS) is 1. The van der Waals surface area contributed by atoms with Crippen molar-refractivity contribution in [3.63, 3.8) is 0 Å². The molecule has 0 bridgehead atoms. The lowest BCUT2D eigenvalue weighted by Crippen LogP contribution is -2.27. The minimum absolute atomic E-state index is 0.0232. The molecule has 2 rings (SSSR count). The van der Waals surface area contributed by atoms with Gasteiger partial charge in [-0.25, -0.2) is 0 Å². The van der Waals surface area contributed by atoms with E-state index in [9.17, 15) is 4.79 Å². The summed E-state index contributed by atoms with van der Waals surface area (Å²) in [5.41, 5.74) is 1.34. The molecule has 1 fully saturated rings. The van der Waals surface area contributed by atoms with Crippen LogP contribution in [-0.2, 0) is 4.79 Å². The van der Waals surface area contributed by atoms with Crippen molar-refractivity contribution in [1.82, 2.24) is 0 Å². The van der Waals surface area contributed by atoms with Crippen molar-refractivity contribution < 1.29 is 9.90 Å². The highest BCUT2D eigenvalue weighted by molar-refractivity contribution is 5.67. The molecule has 2 heteroatoms. The third kappa shape index (κ3) is 3.09. The first-order valence-corrected chi connectivity index (χ1v) is 6.36. The van der Waals surface area contributed by atoms with Crippen molar-refractivity contribution in [2.45, 2.75) is 44.9 Å². The van der Waals surface area contributed by atoms with Crippen LogP contribution in [0.15, 0.2) is 30.3 Å². The summed E-state index contributed by atoms with van der Waals surface area (Å²) >= 11 is 0. The van der Waals surface area contributed by atoms with Crippen LogP contribution in [0.1, 0.15) is 50.5 Å². The first-order valence-electron chi connectivity index (χ1n) is 6.36. The number of aliphatic carboxylic acids is 1. The molecule has 1 aliphatic carbocycles. The van der Waals surface area contributed by atoms with Gasteiger partial charge in [0, 0.05) is 0 Å². The highest BCUT2D eigenvalue weighted by Crippen LogP contribution is 2.45. The molecule has 2 nitrogen and oxygen atoms in total. The Hall–Kier alpha value is -1.31. The summed E-state index contributed by atoms with van der Waals surface area (Å²) in [6, 6.07) is 10.5. The standard InChI is InChI=1S/C15H20O2/c1-15(11-14(16)17)9-5-8-13(10-15)12-6-3-2-4-7-12/h2-4,6-7,13H,5,8-11H2,1H3,(H,16,17). The molecule has 0 saturated heterocycles. The van der Waals surface area contributed by atoms with Crippen molar-refractivity contribution in [2.75, 3.05) is 0 Å². The normalized spacial score (nSPS) is 28.9. The van der Waals surface area contributed by atoms with Gasteiger partial charge in [0.05, 0.1) is 6.42 Å². The second-order valence-corrected chi connectivity index (χ2v) is 5.59. The lowest BCUT2D eigenvalue weighted by molar-refractivity contribution is -0.140. The SMILES string of the molecule is CC1(CC(=O)O)CCCC(c2ccccc2)C1. The van der Waals surface area contributed by atoms with Crippen LogP contribution in [0.2, 0.25) is 0 Å². The van der Waals surface area contributed by atoms with Crippen LogP contribution in [0.3, 0.4) is 0 Å². The van der Waals surface area contributed by atoms with E-state index in [0.29, 0.717) is 12.3 Å². The predicted octanol–water partition coefficient (Wildman–Crippen LogP) is 3.83. The summed E-state index contributed by atoms with van der Waals surface area (Å²) in [6.07, 6.45) is 4.69. The van der Waals surface area contributed by atoms with E-state index in [1.165, 1.54) is 12.0 Å². The third-order valence-corrected chi connectivity index (χ3v) is 3.92. The quantitative estimate of drug-likeness (QED) is 0.860. The van der Waals surface area contributed by atoms with Gasteiger partial charge in [0.2, 0.25) is 0 Å². The molecule has 1 N–H and O–H groups in total. The van der Waals surface area contributed by atoms with Crippen molar-refractivity contribution in [3.8, 4) is 0 Å². The van der Waals surface area contributed by atoms with Gasteiger partial charge in [-0.05, 0) is 36.2 Å². The second kappa shape index (κ2) is 4.91.